The molecule has 0 aliphatic carbocycles. The Morgan fingerprint density at radius 2 is 1.68 bits per heavy atom. The van der Waals surface area contributed by atoms with Gasteiger partial charge in [-0.05, 0) is 36.8 Å². The summed E-state index contributed by atoms with van der Waals surface area (Å²) in [6, 6.07) is 17.2. The van der Waals surface area contributed by atoms with Crippen molar-refractivity contribution in [3.63, 3.8) is 0 Å². The Bertz CT molecular complexity index is 735. The van der Waals surface area contributed by atoms with Crippen LogP contribution in [0.5, 0.6) is 0 Å². The summed E-state index contributed by atoms with van der Waals surface area (Å²) in [4.78, 5) is 2.23. The second-order valence-corrected chi connectivity index (χ2v) is 5.75. The Balaban J connectivity index is 2.19. The summed E-state index contributed by atoms with van der Waals surface area (Å²) in [6.07, 6.45) is 8.45. The molecular formula is C21H21N. The van der Waals surface area contributed by atoms with Gasteiger partial charge >= 0.3 is 0 Å². The van der Waals surface area contributed by atoms with Crippen molar-refractivity contribution in [3.8, 4) is 0 Å². The third kappa shape index (κ3) is 2.75. The van der Waals surface area contributed by atoms with Crippen molar-refractivity contribution in [2.75, 3.05) is 4.90 Å². The van der Waals surface area contributed by atoms with Crippen LogP contribution in [0.1, 0.15) is 24.0 Å². The monoisotopic (exact) mass is 287 g/mol. The fraction of sp³-hybridized carbons (Fsp3) is 0.143. The van der Waals surface area contributed by atoms with Gasteiger partial charge in [-0.1, -0.05) is 67.6 Å². The number of nitrogens with zero attached hydrogens (tertiary/aromatic N) is 1. The number of fused-ring (bicyclic) bond motifs is 1. The molecule has 110 valence electrons. The van der Waals surface area contributed by atoms with Gasteiger partial charge in [0, 0.05) is 23.0 Å². The van der Waals surface area contributed by atoms with Crippen LogP contribution >= 0.6 is 0 Å². The third-order valence-corrected chi connectivity index (χ3v) is 4.05. The lowest BCUT2D eigenvalue weighted by molar-refractivity contribution is 0.960. The minimum Gasteiger partial charge on any atom is -0.311 e. The van der Waals surface area contributed by atoms with Gasteiger partial charge in [0.2, 0.25) is 0 Å². The molecule has 0 saturated carbocycles. The van der Waals surface area contributed by atoms with Gasteiger partial charge in [-0.2, -0.15) is 0 Å². The number of rotatable bonds is 1. The Hall–Kier alpha value is -2.54. The van der Waals surface area contributed by atoms with Crippen LogP contribution in [0.4, 0.5) is 11.4 Å². The molecule has 0 N–H and O–H groups in total. The molecule has 1 aliphatic heterocycles. The van der Waals surface area contributed by atoms with E-state index in [1.807, 2.05) is 0 Å². The van der Waals surface area contributed by atoms with Gasteiger partial charge in [0.1, 0.15) is 0 Å². The van der Waals surface area contributed by atoms with Gasteiger partial charge in [0.25, 0.3) is 0 Å². The van der Waals surface area contributed by atoms with E-state index in [2.05, 4.69) is 98.2 Å². The molecule has 1 atom stereocenters. The number of allylic oxidation sites excluding steroid dienone is 4. The molecule has 0 radical (unpaired) electrons. The minimum atomic E-state index is 0.361. The first-order valence-corrected chi connectivity index (χ1v) is 7.66. The summed E-state index contributed by atoms with van der Waals surface area (Å²) in [6.45, 7) is 8.60. The molecule has 2 aromatic carbocycles. The zero-order valence-electron chi connectivity index (χ0n) is 13.2. The molecule has 0 aromatic heterocycles. The minimum absolute atomic E-state index is 0.361. The molecule has 0 spiro atoms. The highest BCUT2D eigenvalue weighted by Crippen LogP contribution is 2.36. The summed E-state index contributed by atoms with van der Waals surface area (Å²) in [5.74, 6) is 0.361. The van der Waals surface area contributed by atoms with E-state index >= 15 is 0 Å². The standard InChI is InChI=1S/C21H21N/c1-16-12-14-19(15-13-16)22-18(3)9-5-4-8-17(2)20-10-6-7-11-21(20)22/h4-15,17H,3H2,1-2H3/b8-4-,9-5-. The third-order valence-electron chi connectivity index (χ3n) is 4.05. The van der Waals surface area contributed by atoms with Crippen molar-refractivity contribution in [2.45, 2.75) is 19.8 Å². The van der Waals surface area contributed by atoms with Crippen molar-refractivity contribution >= 4 is 11.4 Å². The van der Waals surface area contributed by atoms with E-state index < -0.39 is 0 Å². The summed E-state index contributed by atoms with van der Waals surface area (Å²) >= 11 is 0. The van der Waals surface area contributed by atoms with E-state index in [1.54, 1.807) is 0 Å². The predicted molar refractivity (Wildman–Crippen MR) is 95.6 cm³/mol. The molecule has 0 amide bonds. The van der Waals surface area contributed by atoms with Crippen LogP contribution in [0, 0.1) is 6.92 Å². The first-order chi connectivity index (χ1) is 10.7. The molecule has 22 heavy (non-hydrogen) atoms. The summed E-state index contributed by atoms with van der Waals surface area (Å²) < 4.78 is 0. The smallest absolute Gasteiger partial charge is 0.0499 e. The number of benzene rings is 2. The summed E-state index contributed by atoms with van der Waals surface area (Å²) in [5, 5.41) is 0. The normalized spacial score (nSPS) is 20.5. The van der Waals surface area contributed by atoms with Crippen LogP contribution in [0.25, 0.3) is 0 Å². The molecule has 1 heterocycles. The molecule has 0 fully saturated rings. The second-order valence-electron chi connectivity index (χ2n) is 5.75. The Labute approximate surface area is 132 Å². The molecule has 1 nitrogen and oxygen atoms in total. The summed E-state index contributed by atoms with van der Waals surface area (Å²) in [7, 11) is 0. The highest BCUT2D eigenvalue weighted by atomic mass is 15.1. The van der Waals surface area contributed by atoms with Gasteiger partial charge < -0.3 is 4.90 Å². The van der Waals surface area contributed by atoms with Gasteiger partial charge in [0.15, 0.2) is 0 Å². The lowest BCUT2D eigenvalue weighted by Crippen LogP contribution is -2.16. The Morgan fingerprint density at radius 3 is 2.45 bits per heavy atom. The predicted octanol–water partition coefficient (Wildman–Crippen LogP) is 5.88. The van der Waals surface area contributed by atoms with E-state index in [0.29, 0.717) is 5.92 Å². The fourth-order valence-electron chi connectivity index (χ4n) is 2.81. The van der Waals surface area contributed by atoms with Crippen molar-refractivity contribution < 1.29 is 0 Å². The van der Waals surface area contributed by atoms with Crippen molar-refractivity contribution in [2.24, 2.45) is 0 Å². The maximum absolute atomic E-state index is 4.27. The van der Waals surface area contributed by atoms with Gasteiger partial charge in [-0.3, -0.25) is 0 Å². The van der Waals surface area contributed by atoms with E-state index in [-0.39, 0.29) is 0 Å². The number of hydrogen-bond acceptors (Lipinski definition) is 1. The van der Waals surface area contributed by atoms with Crippen LogP contribution in [-0.2, 0) is 0 Å². The Kier molecular flexibility index (Phi) is 3.97. The number of para-hydroxylation sites is 1. The summed E-state index contributed by atoms with van der Waals surface area (Å²) in [5.41, 5.74) is 5.87. The quantitative estimate of drug-likeness (QED) is 0.633. The molecule has 0 saturated heterocycles. The van der Waals surface area contributed by atoms with Crippen molar-refractivity contribution in [3.05, 3.63) is 96.2 Å². The number of aryl methyl sites for hydroxylation is 1. The zero-order valence-corrected chi connectivity index (χ0v) is 13.2. The highest BCUT2D eigenvalue weighted by Gasteiger charge is 2.17. The number of anilines is 2. The molecule has 3 rings (SSSR count). The lowest BCUT2D eigenvalue weighted by Gasteiger charge is -2.28. The SMILES string of the molecule is C=C1/C=C\C=C/C(C)c2ccccc2N1c1ccc(C)cc1. The molecule has 1 aliphatic rings. The maximum Gasteiger partial charge on any atom is 0.0499 e. The van der Waals surface area contributed by atoms with E-state index in [0.717, 1.165) is 11.4 Å². The zero-order chi connectivity index (χ0) is 15.5. The molecule has 2 aromatic rings. The van der Waals surface area contributed by atoms with Crippen LogP contribution < -0.4 is 4.90 Å². The molecular weight excluding hydrogens is 266 g/mol. The van der Waals surface area contributed by atoms with Crippen LogP contribution in [0.15, 0.2) is 85.1 Å². The number of hydrogen-bond donors (Lipinski definition) is 0. The van der Waals surface area contributed by atoms with Gasteiger partial charge in [0.05, 0.1) is 0 Å². The molecule has 0 bridgehead atoms. The van der Waals surface area contributed by atoms with Crippen LogP contribution in [0.2, 0.25) is 0 Å². The fourth-order valence-corrected chi connectivity index (χ4v) is 2.81. The lowest BCUT2D eigenvalue weighted by atomic mass is 9.97. The van der Waals surface area contributed by atoms with Gasteiger partial charge in [-0.25, -0.2) is 0 Å². The Morgan fingerprint density at radius 1 is 0.955 bits per heavy atom. The van der Waals surface area contributed by atoms with E-state index in [9.17, 15) is 0 Å². The van der Waals surface area contributed by atoms with Crippen LogP contribution in [-0.4, -0.2) is 0 Å². The first kappa shape index (κ1) is 14.4. The average molecular weight is 287 g/mol. The van der Waals surface area contributed by atoms with Crippen LogP contribution in [0.3, 0.4) is 0 Å². The van der Waals surface area contributed by atoms with Gasteiger partial charge in [-0.15, -0.1) is 0 Å². The topological polar surface area (TPSA) is 3.24 Å². The van der Waals surface area contributed by atoms with Crippen molar-refractivity contribution in [1.29, 1.82) is 0 Å². The van der Waals surface area contributed by atoms with E-state index in [1.165, 1.54) is 16.8 Å². The molecule has 1 heteroatoms. The average Bonchev–Trinajstić information content (AvgIpc) is 2.59. The second kappa shape index (κ2) is 6.07. The first-order valence-electron chi connectivity index (χ1n) is 7.66. The largest absolute Gasteiger partial charge is 0.311 e. The molecule has 1 unspecified atom stereocenters. The van der Waals surface area contributed by atoms with Crippen molar-refractivity contribution in [1.82, 2.24) is 0 Å². The maximum atomic E-state index is 4.27. The highest BCUT2D eigenvalue weighted by molar-refractivity contribution is 5.73. The van der Waals surface area contributed by atoms with E-state index in [4.69, 9.17) is 0 Å².